The van der Waals surface area contributed by atoms with E-state index in [0.717, 1.165) is 18.2 Å². The molecule has 8 rings (SSSR count). The van der Waals surface area contributed by atoms with Gasteiger partial charge < -0.3 is 4.74 Å². The highest BCUT2D eigenvalue weighted by molar-refractivity contribution is 7.20. The SMILES string of the molecule is Fc1c(F)c(F)c([B-](c2c(F)c(F)c(F)c(F)c2F)(c2c(F)c(F)c(F)c(F)c2F)c2c(F)c(F)c(F)c(F)c2F)c(F)c1F.c1ccc(C[n+]2ccnc(Oc3ccc(C4CCCCC4)cc3)c2)cc1. The molecular weight excluding hydrogens is 999 g/mol. The number of halogens is 20. The van der Waals surface area contributed by atoms with E-state index in [1.807, 2.05) is 18.5 Å². The van der Waals surface area contributed by atoms with Crippen molar-refractivity contribution < 1.29 is 97.1 Å². The predicted molar refractivity (Wildman–Crippen MR) is 212 cm³/mol. The van der Waals surface area contributed by atoms with Crippen molar-refractivity contribution >= 4 is 28.0 Å². The molecule has 0 bridgehead atoms. The lowest BCUT2D eigenvalue weighted by Gasteiger charge is -2.44. The van der Waals surface area contributed by atoms with E-state index in [-0.39, 0.29) is 0 Å². The van der Waals surface area contributed by atoms with Gasteiger partial charge in [0, 0.05) is 5.56 Å². The molecule has 71 heavy (non-hydrogen) atoms. The van der Waals surface area contributed by atoms with Gasteiger partial charge in [-0.05, 0) is 36.5 Å². The van der Waals surface area contributed by atoms with Crippen LogP contribution in [-0.4, -0.2) is 11.1 Å². The Morgan fingerprint density at radius 1 is 0.423 bits per heavy atom. The van der Waals surface area contributed by atoms with Gasteiger partial charge in [-0.1, -0.05) is 61.7 Å². The van der Waals surface area contributed by atoms with Crippen LogP contribution in [0, 0.1) is 116 Å². The van der Waals surface area contributed by atoms with Crippen molar-refractivity contribution in [2.45, 2.75) is 44.6 Å². The minimum absolute atomic E-state index is 0.619. The van der Waals surface area contributed by atoms with Gasteiger partial charge in [0.25, 0.3) is 5.88 Å². The second-order valence-corrected chi connectivity index (χ2v) is 15.9. The lowest BCUT2D eigenvalue weighted by molar-refractivity contribution is -0.689. The number of benzene rings is 6. The Morgan fingerprint density at radius 3 is 1.11 bits per heavy atom. The maximum absolute atomic E-state index is 15.4. The van der Waals surface area contributed by atoms with Crippen LogP contribution in [0.4, 0.5) is 87.8 Å². The second kappa shape index (κ2) is 20.3. The monoisotopic (exact) mass is 1020 g/mol. The molecule has 7 aromatic rings. The molecule has 3 nitrogen and oxygen atoms in total. The normalized spacial score (nSPS) is 13.1. The van der Waals surface area contributed by atoms with Crippen LogP contribution in [0.25, 0.3) is 0 Å². The molecule has 1 saturated carbocycles. The fourth-order valence-electron chi connectivity index (χ4n) is 8.59. The molecule has 0 aliphatic heterocycles. The third kappa shape index (κ3) is 9.00. The molecule has 1 heterocycles. The van der Waals surface area contributed by atoms with Crippen molar-refractivity contribution in [2.24, 2.45) is 0 Å². The van der Waals surface area contributed by atoms with Crippen molar-refractivity contribution in [1.82, 2.24) is 4.98 Å². The third-order valence-corrected chi connectivity index (χ3v) is 11.8. The van der Waals surface area contributed by atoms with Gasteiger partial charge in [-0.3, -0.25) is 0 Å². The molecular formula is C47H25BF20N2O. The summed E-state index contributed by atoms with van der Waals surface area (Å²) in [5, 5.41) is 0. The summed E-state index contributed by atoms with van der Waals surface area (Å²) in [5.41, 5.74) is -11.6. The highest BCUT2D eigenvalue weighted by atomic mass is 19.2. The van der Waals surface area contributed by atoms with Gasteiger partial charge in [0.05, 0.1) is 6.20 Å². The molecule has 0 N–H and O–H groups in total. The molecule has 1 aliphatic rings. The summed E-state index contributed by atoms with van der Waals surface area (Å²) in [7, 11) is 0. The van der Waals surface area contributed by atoms with Crippen LogP contribution in [0.3, 0.4) is 0 Å². The summed E-state index contributed by atoms with van der Waals surface area (Å²) >= 11 is 0. The molecule has 24 heteroatoms. The summed E-state index contributed by atoms with van der Waals surface area (Å²) in [6.07, 6.45) is 5.23. The zero-order valence-corrected chi connectivity index (χ0v) is 35.2. The molecule has 0 unspecified atom stereocenters. The lowest BCUT2D eigenvalue weighted by Crippen LogP contribution is -2.81. The van der Waals surface area contributed by atoms with Crippen molar-refractivity contribution in [3.8, 4) is 11.6 Å². The average molecular weight is 1020 g/mol. The Kier molecular flexibility index (Phi) is 14.8. The average Bonchev–Trinajstić information content (AvgIpc) is 3.37. The Balaban J connectivity index is 0.000000240. The van der Waals surface area contributed by atoms with E-state index >= 15 is 35.1 Å². The minimum Gasteiger partial charge on any atom is -0.434 e. The molecule has 0 spiro atoms. The van der Waals surface area contributed by atoms with Gasteiger partial charge in [-0.2, -0.15) is 4.57 Å². The van der Waals surface area contributed by atoms with Crippen LogP contribution in [0.2, 0.25) is 0 Å². The van der Waals surface area contributed by atoms with E-state index in [2.05, 4.69) is 58.1 Å². The smallest absolute Gasteiger partial charge is 0.285 e. The van der Waals surface area contributed by atoms with Gasteiger partial charge in [0.15, 0.2) is 82.5 Å². The number of hydrogen-bond donors (Lipinski definition) is 0. The number of rotatable bonds is 9. The first kappa shape index (κ1) is 51.7. The van der Waals surface area contributed by atoms with Crippen LogP contribution < -0.4 is 31.2 Å². The fraction of sp³-hybridized carbons (Fsp3) is 0.149. The van der Waals surface area contributed by atoms with Gasteiger partial charge in [-0.25, -0.2) is 92.8 Å². The Labute approximate surface area is 386 Å². The number of ether oxygens (including phenoxy) is 1. The number of hydrogen-bond acceptors (Lipinski definition) is 2. The van der Waals surface area contributed by atoms with E-state index < -0.39 is 144 Å². The fourth-order valence-corrected chi connectivity index (χ4v) is 8.59. The predicted octanol–water partition coefficient (Wildman–Crippen LogP) is 11.1. The molecule has 1 aromatic heterocycles. The zero-order chi connectivity index (χ0) is 52.0. The first-order valence-electron chi connectivity index (χ1n) is 20.5. The van der Waals surface area contributed by atoms with Crippen LogP contribution in [0.15, 0.2) is 73.2 Å². The highest BCUT2D eigenvalue weighted by Gasteiger charge is 2.52. The van der Waals surface area contributed by atoms with E-state index in [1.165, 1.54) is 43.2 Å². The topological polar surface area (TPSA) is 26.0 Å². The van der Waals surface area contributed by atoms with Crippen LogP contribution in [-0.2, 0) is 6.54 Å². The molecule has 0 atom stereocenters. The molecule has 1 aliphatic carbocycles. The second-order valence-electron chi connectivity index (χ2n) is 15.9. The summed E-state index contributed by atoms with van der Waals surface area (Å²) in [6, 6.07) is 19.0. The molecule has 372 valence electrons. The van der Waals surface area contributed by atoms with Gasteiger partial charge in [0.2, 0.25) is 6.20 Å². The van der Waals surface area contributed by atoms with E-state index in [9.17, 15) is 52.7 Å². The summed E-state index contributed by atoms with van der Waals surface area (Å²) in [6.45, 7) is 0.806. The van der Waals surface area contributed by atoms with Gasteiger partial charge >= 0.3 is 0 Å². The van der Waals surface area contributed by atoms with Crippen molar-refractivity contribution in [3.05, 3.63) is 201 Å². The summed E-state index contributed by atoms with van der Waals surface area (Å²) in [5.74, 6) is -69.2. The largest absolute Gasteiger partial charge is 0.434 e. The van der Waals surface area contributed by atoms with E-state index in [0.29, 0.717) is 5.88 Å². The molecule has 1 fully saturated rings. The van der Waals surface area contributed by atoms with Crippen molar-refractivity contribution in [3.63, 3.8) is 0 Å². The zero-order valence-electron chi connectivity index (χ0n) is 35.2. The maximum Gasteiger partial charge on any atom is 0.285 e. The molecule has 0 saturated heterocycles. The number of aromatic nitrogens is 2. The van der Waals surface area contributed by atoms with E-state index in [4.69, 9.17) is 4.74 Å². The highest BCUT2D eigenvalue weighted by Crippen LogP contribution is 2.34. The quantitative estimate of drug-likeness (QED) is 0.0473. The van der Waals surface area contributed by atoms with Crippen LogP contribution >= 0.6 is 0 Å². The lowest BCUT2D eigenvalue weighted by atomic mass is 9.12. The van der Waals surface area contributed by atoms with Crippen LogP contribution in [0.1, 0.15) is 49.1 Å². The minimum atomic E-state index is -7.22. The third-order valence-electron chi connectivity index (χ3n) is 11.8. The molecule has 0 radical (unpaired) electrons. The maximum atomic E-state index is 15.4. The first-order chi connectivity index (χ1) is 33.6. The van der Waals surface area contributed by atoms with Crippen molar-refractivity contribution in [1.29, 1.82) is 0 Å². The number of nitrogens with zero attached hydrogens (tertiary/aromatic N) is 2. The summed E-state index contributed by atoms with van der Waals surface area (Å²) in [4.78, 5) is 4.35. The Bertz CT molecular complexity index is 2810. The molecule has 0 amide bonds. The first-order valence-corrected chi connectivity index (χ1v) is 20.5. The Morgan fingerprint density at radius 2 is 0.761 bits per heavy atom. The summed E-state index contributed by atoms with van der Waals surface area (Å²) < 4.78 is 302. The van der Waals surface area contributed by atoms with Gasteiger partial charge in [-0.15, -0.1) is 21.9 Å². The molecule has 6 aromatic carbocycles. The van der Waals surface area contributed by atoms with E-state index in [1.54, 1.807) is 6.20 Å². The standard InChI is InChI=1S/C24BF20.C23H25N2O/c26-5-1(6(27)14(35)21(42)13(5)34)25(2-7(28)15(36)22(43)16(37)8(2)29,3-9(30)17(38)23(44)18(39)10(3)31)4-11(32)19(40)24(45)20(41)12(4)33;1-3-7-19(8-4-1)17-25-16-15-24-23(18-25)26-22-13-11-21(12-14-22)20-9-5-2-6-10-20/h;1,3-4,7-8,11-16,18,20H,2,5-6,9-10,17H2/q-1;+1. The van der Waals surface area contributed by atoms with Gasteiger partial charge in [0.1, 0.15) is 58.4 Å². The van der Waals surface area contributed by atoms with Crippen LogP contribution in [0.5, 0.6) is 11.6 Å². The Hall–Kier alpha value is -7.14. The van der Waals surface area contributed by atoms with Crippen molar-refractivity contribution in [2.75, 3.05) is 0 Å².